The summed E-state index contributed by atoms with van der Waals surface area (Å²) in [5, 5.41) is 0. The van der Waals surface area contributed by atoms with Crippen LogP contribution in [0, 0.1) is 0 Å². The monoisotopic (exact) mass is 346 g/mol. The number of aryl methyl sites for hydroxylation is 4. The van der Waals surface area contributed by atoms with E-state index in [0.717, 1.165) is 26.2 Å². The highest BCUT2D eigenvalue weighted by Gasteiger charge is 2.06. The zero-order valence-corrected chi connectivity index (χ0v) is 16.4. The van der Waals surface area contributed by atoms with Gasteiger partial charge < -0.3 is 0 Å². The Morgan fingerprint density at radius 2 is 1.08 bits per heavy atom. The van der Waals surface area contributed by atoms with Gasteiger partial charge in [0.05, 0.1) is 26.2 Å². The summed E-state index contributed by atoms with van der Waals surface area (Å²) in [5.74, 6) is 0. The van der Waals surface area contributed by atoms with E-state index < -0.39 is 0 Å². The molecule has 0 unspecified atom stereocenters. The molecule has 0 saturated carbocycles. The van der Waals surface area contributed by atoms with Crippen LogP contribution in [0.15, 0.2) is 37.4 Å². The molecule has 0 amide bonds. The molecule has 2 rings (SSSR count). The van der Waals surface area contributed by atoms with Crippen LogP contribution in [-0.2, 0) is 26.2 Å². The average Bonchev–Trinajstić information content (AvgIpc) is 3.25. The van der Waals surface area contributed by atoms with E-state index >= 15 is 0 Å². The molecule has 0 saturated heterocycles. The van der Waals surface area contributed by atoms with E-state index in [0.29, 0.717) is 0 Å². The zero-order chi connectivity index (χ0) is 17.7. The second-order valence-corrected chi connectivity index (χ2v) is 7.25. The molecule has 4 heteroatoms. The Hall–Kier alpha value is -1.58. The van der Waals surface area contributed by atoms with Gasteiger partial charge >= 0.3 is 0 Å². The standard InChI is InChI=1S/C21H38N4/c1-3-5-7-9-12-22-16-18-24(20-22)14-11-15-25-19-17-23(21-25)13-10-8-6-4-2/h16-21H,3-15H2,1-2H3/q+2. The number of imidazole rings is 2. The molecule has 0 fully saturated rings. The number of hydrogen-bond acceptors (Lipinski definition) is 0. The van der Waals surface area contributed by atoms with Crippen LogP contribution in [0.4, 0.5) is 0 Å². The molecule has 0 aliphatic heterocycles. The Morgan fingerprint density at radius 1 is 0.600 bits per heavy atom. The van der Waals surface area contributed by atoms with Crippen LogP contribution in [0.5, 0.6) is 0 Å². The molecule has 0 N–H and O–H groups in total. The lowest BCUT2D eigenvalue weighted by Crippen LogP contribution is -2.37. The fraction of sp³-hybridized carbons (Fsp3) is 0.714. The van der Waals surface area contributed by atoms with E-state index in [9.17, 15) is 0 Å². The summed E-state index contributed by atoms with van der Waals surface area (Å²) in [5.41, 5.74) is 0. The lowest BCUT2D eigenvalue weighted by atomic mass is 10.2. The third kappa shape index (κ3) is 7.89. The van der Waals surface area contributed by atoms with E-state index in [1.165, 1.54) is 57.8 Å². The summed E-state index contributed by atoms with van der Waals surface area (Å²) in [6, 6.07) is 0. The molecule has 0 radical (unpaired) electrons. The second-order valence-electron chi connectivity index (χ2n) is 7.25. The SMILES string of the molecule is CCCCCCn1cc[n+](CCC[n+]2ccn(CCCCCC)c2)c1. The molecule has 2 heterocycles. The van der Waals surface area contributed by atoms with Gasteiger partial charge in [0.1, 0.15) is 24.8 Å². The average molecular weight is 347 g/mol. The van der Waals surface area contributed by atoms with E-state index in [1.54, 1.807) is 0 Å². The van der Waals surface area contributed by atoms with Crippen LogP contribution >= 0.6 is 0 Å². The minimum Gasteiger partial charge on any atom is -0.237 e. The highest BCUT2D eigenvalue weighted by Crippen LogP contribution is 2.02. The normalized spacial score (nSPS) is 11.3. The predicted molar refractivity (Wildman–Crippen MR) is 102 cm³/mol. The fourth-order valence-electron chi connectivity index (χ4n) is 3.28. The van der Waals surface area contributed by atoms with Gasteiger partial charge in [0.15, 0.2) is 0 Å². The first kappa shape index (κ1) is 19.7. The van der Waals surface area contributed by atoms with Crippen molar-refractivity contribution >= 4 is 0 Å². The fourth-order valence-corrected chi connectivity index (χ4v) is 3.28. The van der Waals surface area contributed by atoms with Crippen LogP contribution in [-0.4, -0.2) is 9.13 Å². The molecular formula is C21H38N4+2. The molecule has 4 nitrogen and oxygen atoms in total. The van der Waals surface area contributed by atoms with Crippen LogP contribution in [0.3, 0.4) is 0 Å². The summed E-state index contributed by atoms with van der Waals surface area (Å²) in [6.45, 7) is 9.03. The Morgan fingerprint density at radius 3 is 1.52 bits per heavy atom. The molecule has 0 aromatic carbocycles. The topological polar surface area (TPSA) is 17.6 Å². The first-order valence-electron chi connectivity index (χ1n) is 10.4. The molecule has 2 aromatic heterocycles. The Kier molecular flexibility index (Phi) is 9.38. The van der Waals surface area contributed by atoms with Crippen molar-refractivity contribution < 1.29 is 9.13 Å². The lowest BCUT2D eigenvalue weighted by Gasteiger charge is -1.98. The predicted octanol–water partition coefficient (Wildman–Crippen LogP) is 4.12. The molecule has 2 aromatic rings. The molecule has 0 spiro atoms. The maximum Gasteiger partial charge on any atom is 0.243 e. The highest BCUT2D eigenvalue weighted by molar-refractivity contribution is 4.67. The van der Waals surface area contributed by atoms with Gasteiger partial charge in [0.25, 0.3) is 0 Å². The molecule has 0 atom stereocenters. The molecule has 0 aliphatic carbocycles. The van der Waals surface area contributed by atoms with Gasteiger partial charge in [0, 0.05) is 6.42 Å². The molecule has 25 heavy (non-hydrogen) atoms. The third-order valence-corrected chi connectivity index (χ3v) is 4.86. The number of aromatic nitrogens is 4. The van der Waals surface area contributed by atoms with Crippen molar-refractivity contribution in [1.82, 2.24) is 9.13 Å². The summed E-state index contributed by atoms with van der Waals surface area (Å²) in [4.78, 5) is 0. The molecular weight excluding hydrogens is 308 g/mol. The van der Waals surface area contributed by atoms with E-state index in [2.05, 4.69) is 69.6 Å². The Bertz CT molecular complexity index is 520. The first-order chi connectivity index (χ1) is 12.3. The van der Waals surface area contributed by atoms with Crippen molar-refractivity contribution in [3.63, 3.8) is 0 Å². The van der Waals surface area contributed by atoms with Gasteiger partial charge in [-0.05, 0) is 25.7 Å². The zero-order valence-electron chi connectivity index (χ0n) is 16.4. The number of rotatable bonds is 14. The van der Waals surface area contributed by atoms with Crippen LogP contribution < -0.4 is 9.13 Å². The van der Waals surface area contributed by atoms with Crippen molar-refractivity contribution in [2.45, 2.75) is 97.8 Å². The van der Waals surface area contributed by atoms with Gasteiger partial charge in [-0.1, -0.05) is 39.5 Å². The van der Waals surface area contributed by atoms with Crippen LogP contribution in [0.2, 0.25) is 0 Å². The quantitative estimate of drug-likeness (QED) is 0.362. The van der Waals surface area contributed by atoms with E-state index in [1.807, 2.05) is 0 Å². The van der Waals surface area contributed by atoms with Gasteiger partial charge in [-0.15, -0.1) is 0 Å². The summed E-state index contributed by atoms with van der Waals surface area (Å²) in [6.07, 6.45) is 25.2. The second kappa shape index (κ2) is 11.9. The Balaban J connectivity index is 1.62. The number of nitrogens with zero attached hydrogens (tertiary/aromatic N) is 4. The van der Waals surface area contributed by atoms with E-state index in [-0.39, 0.29) is 0 Å². The van der Waals surface area contributed by atoms with Crippen molar-refractivity contribution in [1.29, 1.82) is 0 Å². The first-order valence-corrected chi connectivity index (χ1v) is 10.4. The van der Waals surface area contributed by atoms with Gasteiger partial charge in [-0.3, -0.25) is 0 Å². The van der Waals surface area contributed by atoms with Gasteiger partial charge in [-0.2, -0.15) is 0 Å². The highest BCUT2D eigenvalue weighted by atomic mass is 15.1. The van der Waals surface area contributed by atoms with Crippen molar-refractivity contribution in [2.24, 2.45) is 0 Å². The molecule has 0 bridgehead atoms. The van der Waals surface area contributed by atoms with Gasteiger partial charge in [0.2, 0.25) is 12.7 Å². The minimum absolute atomic E-state index is 1.09. The number of hydrogen-bond donors (Lipinski definition) is 0. The summed E-state index contributed by atoms with van der Waals surface area (Å²) in [7, 11) is 0. The smallest absolute Gasteiger partial charge is 0.237 e. The Labute approximate surface area is 154 Å². The van der Waals surface area contributed by atoms with Crippen LogP contribution in [0.25, 0.3) is 0 Å². The van der Waals surface area contributed by atoms with Crippen molar-refractivity contribution in [3.8, 4) is 0 Å². The maximum atomic E-state index is 2.33. The largest absolute Gasteiger partial charge is 0.243 e. The third-order valence-electron chi connectivity index (χ3n) is 4.86. The van der Waals surface area contributed by atoms with Crippen molar-refractivity contribution in [2.75, 3.05) is 0 Å². The number of unbranched alkanes of at least 4 members (excludes halogenated alkanes) is 6. The van der Waals surface area contributed by atoms with Gasteiger partial charge in [-0.25, -0.2) is 18.3 Å². The summed E-state index contributed by atoms with van der Waals surface area (Å²) < 4.78 is 9.30. The van der Waals surface area contributed by atoms with E-state index in [4.69, 9.17) is 0 Å². The van der Waals surface area contributed by atoms with Crippen molar-refractivity contribution in [3.05, 3.63) is 37.4 Å². The molecule has 140 valence electrons. The lowest BCUT2D eigenvalue weighted by molar-refractivity contribution is -0.726. The maximum absolute atomic E-state index is 2.33. The molecule has 0 aliphatic rings. The summed E-state index contributed by atoms with van der Waals surface area (Å²) >= 11 is 0. The minimum atomic E-state index is 1.09. The van der Waals surface area contributed by atoms with Crippen LogP contribution in [0.1, 0.15) is 71.6 Å².